The van der Waals surface area contributed by atoms with Gasteiger partial charge in [-0.2, -0.15) is 5.26 Å². The van der Waals surface area contributed by atoms with E-state index in [0.29, 0.717) is 12.4 Å². The van der Waals surface area contributed by atoms with Crippen molar-refractivity contribution in [2.75, 3.05) is 6.61 Å². The minimum absolute atomic E-state index is 0.118. The number of rotatable bonds is 6. The fourth-order valence-corrected chi connectivity index (χ4v) is 3.21. The third kappa shape index (κ3) is 5.24. The van der Waals surface area contributed by atoms with Gasteiger partial charge in [-0.25, -0.2) is 0 Å². The van der Waals surface area contributed by atoms with Crippen molar-refractivity contribution >= 4 is 27.9 Å². The summed E-state index contributed by atoms with van der Waals surface area (Å²) in [5, 5.41) is 12.3. The number of halogens is 1. The van der Waals surface area contributed by atoms with E-state index in [1.54, 1.807) is 18.2 Å². The molecule has 4 nitrogen and oxygen atoms in total. The molecule has 2 rings (SSSR count). The SMILES string of the molecule is C=CCOc1ccc(/C=C(\C#N)C(=O)NC2CCCCC2)cc1Br. The van der Waals surface area contributed by atoms with Gasteiger partial charge in [0.25, 0.3) is 5.91 Å². The maximum atomic E-state index is 12.3. The number of benzene rings is 1. The van der Waals surface area contributed by atoms with Crippen LogP contribution in [0.2, 0.25) is 0 Å². The van der Waals surface area contributed by atoms with Crippen LogP contribution in [0.3, 0.4) is 0 Å². The van der Waals surface area contributed by atoms with Crippen molar-refractivity contribution in [3.63, 3.8) is 0 Å². The van der Waals surface area contributed by atoms with Crippen LogP contribution in [0.15, 0.2) is 40.9 Å². The van der Waals surface area contributed by atoms with E-state index in [1.165, 1.54) is 6.42 Å². The molecule has 0 radical (unpaired) electrons. The van der Waals surface area contributed by atoms with Crippen molar-refractivity contribution in [2.24, 2.45) is 0 Å². The highest BCUT2D eigenvalue weighted by Gasteiger charge is 2.18. The van der Waals surface area contributed by atoms with Crippen LogP contribution in [0.1, 0.15) is 37.7 Å². The van der Waals surface area contributed by atoms with Gasteiger partial charge in [-0.15, -0.1) is 0 Å². The topological polar surface area (TPSA) is 62.1 Å². The third-order valence-corrected chi connectivity index (χ3v) is 4.55. The maximum Gasteiger partial charge on any atom is 0.262 e. The lowest BCUT2D eigenvalue weighted by Crippen LogP contribution is -2.36. The zero-order chi connectivity index (χ0) is 17.4. The molecule has 1 aromatic carbocycles. The molecule has 1 amide bonds. The van der Waals surface area contributed by atoms with Crippen molar-refractivity contribution in [3.8, 4) is 11.8 Å². The Balaban J connectivity index is 2.08. The van der Waals surface area contributed by atoms with E-state index in [1.807, 2.05) is 18.2 Å². The summed E-state index contributed by atoms with van der Waals surface area (Å²) in [6.07, 6.45) is 8.74. The Morgan fingerprint density at radius 1 is 1.42 bits per heavy atom. The molecule has 1 fully saturated rings. The number of nitrogens with one attached hydrogen (secondary N) is 1. The average molecular weight is 389 g/mol. The zero-order valence-electron chi connectivity index (χ0n) is 13.6. The van der Waals surface area contributed by atoms with Crippen LogP contribution in [0, 0.1) is 11.3 Å². The lowest BCUT2D eigenvalue weighted by Gasteiger charge is -2.22. The van der Waals surface area contributed by atoms with Crippen molar-refractivity contribution in [1.29, 1.82) is 5.26 Å². The summed E-state index contributed by atoms with van der Waals surface area (Å²) < 4.78 is 6.26. The first kappa shape index (κ1) is 18.3. The lowest BCUT2D eigenvalue weighted by atomic mass is 9.95. The molecule has 0 unspecified atom stereocenters. The summed E-state index contributed by atoms with van der Waals surface area (Å²) in [5.74, 6) is 0.393. The van der Waals surface area contributed by atoms with E-state index >= 15 is 0 Å². The Hall–Kier alpha value is -2.06. The Morgan fingerprint density at radius 2 is 2.17 bits per heavy atom. The van der Waals surface area contributed by atoms with Crippen LogP contribution >= 0.6 is 15.9 Å². The van der Waals surface area contributed by atoms with Crippen molar-refractivity contribution < 1.29 is 9.53 Å². The molecule has 0 bridgehead atoms. The summed E-state index contributed by atoms with van der Waals surface area (Å²) in [6.45, 7) is 4.03. The summed E-state index contributed by atoms with van der Waals surface area (Å²) >= 11 is 3.43. The number of carbonyl (C=O) groups excluding carboxylic acids is 1. The fourth-order valence-electron chi connectivity index (χ4n) is 2.70. The van der Waals surface area contributed by atoms with Gasteiger partial charge in [-0.3, -0.25) is 4.79 Å². The Morgan fingerprint density at radius 3 is 2.79 bits per heavy atom. The van der Waals surface area contributed by atoms with Crippen molar-refractivity contribution in [1.82, 2.24) is 5.32 Å². The quantitative estimate of drug-likeness (QED) is 0.447. The fraction of sp³-hybridized carbons (Fsp3) is 0.368. The summed E-state index contributed by atoms with van der Waals surface area (Å²) in [5.41, 5.74) is 0.885. The first-order valence-corrected chi connectivity index (χ1v) is 8.89. The van der Waals surface area contributed by atoms with Crippen LogP contribution in [0.5, 0.6) is 5.75 Å². The smallest absolute Gasteiger partial charge is 0.262 e. The van der Waals surface area contributed by atoms with E-state index in [4.69, 9.17) is 4.74 Å². The Kier molecular flexibility index (Phi) is 7.07. The first-order chi connectivity index (χ1) is 11.6. The normalized spacial score (nSPS) is 15.4. The van der Waals surface area contributed by atoms with E-state index in [2.05, 4.69) is 27.8 Å². The lowest BCUT2D eigenvalue weighted by molar-refractivity contribution is -0.117. The molecule has 0 aromatic heterocycles. The minimum atomic E-state index is -0.299. The second-order valence-electron chi connectivity index (χ2n) is 5.77. The molecule has 24 heavy (non-hydrogen) atoms. The summed E-state index contributed by atoms with van der Waals surface area (Å²) in [6, 6.07) is 7.62. The van der Waals surface area contributed by atoms with Crippen LogP contribution < -0.4 is 10.1 Å². The number of nitriles is 1. The molecule has 0 heterocycles. The molecule has 126 valence electrons. The predicted octanol–water partition coefficient (Wildman–Crippen LogP) is 4.37. The highest BCUT2D eigenvalue weighted by atomic mass is 79.9. The molecule has 1 saturated carbocycles. The molecule has 1 aromatic rings. The monoisotopic (exact) mass is 388 g/mol. The van der Waals surface area contributed by atoms with Gasteiger partial charge in [-0.05, 0) is 52.5 Å². The molecule has 0 saturated heterocycles. The molecule has 1 N–H and O–H groups in total. The van der Waals surface area contributed by atoms with Crippen LogP contribution in [-0.4, -0.2) is 18.6 Å². The number of hydrogen-bond acceptors (Lipinski definition) is 3. The Labute approximate surface area is 151 Å². The third-order valence-electron chi connectivity index (χ3n) is 3.93. The van der Waals surface area contributed by atoms with E-state index in [-0.39, 0.29) is 17.5 Å². The number of ether oxygens (including phenoxy) is 1. The predicted molar refractivity (Wildman–Crippen MR) is 98.4 cm³/mol. The van der Waals surface area contributed by atoms with Gasteiger partial charge in [0.05, 0.1) is 4.47 Å². The number of carbonyl (C=O) groups is 1. The van der Waals surface area contributed by atoms with Crippen LogP contribution in [-0.2, 0) is 4.79 Å². The van der Waals surface area contributed by atoms with E-state index < -0.39 is 0 Å². The van der Waals surface area contributed by atoms with Gasteiger partial charge in [-0.1, -0.05) is 38.0 Å². The summed E-state index contributed by atoms with van der Waals surface area (Å²) in [4.78, 5) is 12.3. The van der Waals surface area contributed by atoms with Gasteiger partial charge in [0.2, 0.25) is 0 Å². The molecule has 0 aliphatic heterocycles. The van der Waals surface area contributed by atoms with E-state index in [0.717, 1.165) is 35.7 Å². The van der Waals surface area contributed by atoms with Gasteiger partial charge in [0.15, 0.2) is 0 Å². The molecule has 0 spiro atoms. The second-order valence-corrected chi connectivity index (χ2v) is 6.62. The van der Waals surface area contributed by atoms with Crippen molar-refractivity contribution in [2.45, 2.75) is 38.1 Å². The molecule has 1 aliphatic carbocycles. The largest absolute Gasteiger partial charge is 0.488 e. The zero-order valence-corrected chi connectivity index (χ0v) is 15.1. The van der Waals surface area contributed by atoms with Gasteiger partial charge < -0.3 is 10.1 Å². The van der Waals surface area contributed by atoms with Crippen LogP contribution in [0.4, 0.5) is 0 Å². The van der Waals surface area contributed by atoms with Gasteiger partial charge in [0.1, 0.15) is 24.0 Å². The maximum absolute atomic E-state index is 12.3. The highest BCUT2D eigenvalue weighted by molar-refractivity contribution is 9.10. The minimum Gasteiger partial charge on any atom is -0.488 e. The number of hydrogen-bond donors (Lipinski definition) is 1. The van der Waals surface area contributed by atoms with Crippen LogP contribution in [0.25, 0.3) is 6.08 Å². The number of nitrogens with zero attached hydrogens (tertiary/aromatic N) is 1. The second kappa shape index (κ2) is 9.29. The molecular formula is C19H21BrN2O2. The highest BCUT2D eigenvalue weighted by Crippen LogP contribution is 2.27. The standard InChI is InChI=1S/C19H21BrN2O2/c1-2-10-24-18-9-8-14(12-17(18)20)11-15(13-21)19(23)22-16-6-4-3-5-7-16/h2,8-9,11-12,16H,1,3-7,10H2,(H,22,23)/b15-11+. The average Bonchev–Trinajstić information content (AvgIpc) is 2.59. The van der Waals surface area contributed by atoms with Gasteiger partial charge >= 0.3 is 0 Å². The van der Waals surface area contributed by atoms with Crippen molar-refractivity contribution in [3.05, 3.63) is 46.5 Å². The molecular weight excluding hydrogens is 368 g/mol. The summed E-state index contributed by atoms with van der Waals surface area (Å²) in [7, 11) is 0. The van der Waals surface area contributed by atoms with Gasteiger partial charge in [0, 0.05) is 6.04 Å². The molecule has 5 heteroatoms. The number of amides is 1. The molecule has 0 atom stereocenters. The first-order valence-electron chi connectivity index (χ1n) is 8.10. The Bertz CT molecular complexity index is 670. The molecule has 1 aliphatic rings. The van der Waals surface area contributed by atoms with E-state index in [9.17, 15) is 10.1 Å².